The van der Waals surface area contributed by atoms with E-state index in [4.69, 9.17) is 11.1 Å². The summed E-state index contributed by atoms with van der Waals surface area (Å²) in [6, 6.07) is 6.64. The summed E-state index contributed by atoms with van der Waals surface area (Å²) in [6.45, 7) is 10.8. The van der Waals surface area contributed by atoms with Crippen molar-refractivity contribution in [3.63, 3.8) is 0 Å². The van der Waals surface area contributed by atoms with E-state index in [1.165, 1.54) is 17.5 Å². The monoisotopic (exact) mass is 247 g/mol. The minimum Gasteiger partial charge on any atom is -0.384 e. The second-order valence-corrected chi connectivity index (χ2v) is 4.88. The predicted octanol–water partition coefficient (Wildman–Crippen LogP) is 2.90. The molecule has 0 spiro atoms. The topological polar surface area (TPSA) is 53.1 Å². The van der Waals surface area contributed by atoms with Gasteiger partial charge in [-0.1, -0.05) is 26.0 Å². The first kappa shape index (κ1) is 14.7. The van der Waals surface area contributed by atoms with Crippen LogP contribution in [0.4, 0.5) is 0 Å². The minimum absolute atomic E-state index is 0.138. The maximum absolute atomic E-state index is 7.45. The fourth-order valence-electron chi connectivity index (χ4n) is 2.10. The van der Waals surface area contributed by atoms with Crippen LogP contribution in [0.1, 0.15) is 43.9 Å². The second kappa shape index (κ2) is 6.55. The summed E-state index contributed by atoms with van der Waals surface area (Å²) in [5.74, 6) is 0.138. The molecule has 0 fully saturated rings. The van der Waals surface area contributed by atoms with Gasteiger partial charge in [-0.2, -0.15) is 0 Å². The fourth-order valence-corrected chi connectivity index (χ4v) is 2.10. The molecule has 3 heteroatoms. The molecule has 100 valence electrons. The van der Waals surface area contributed by atoms with Gasteiger partial charge in [0.05, 0.1) is 0 Å². The van der Waals surface area contributed by atoms with Crippen molar-refractivity contribution >= 4 is 5.84 Å². The van der Waals surface area contributed by atoms with E-state index < -0.39 is 0 Å². The van der Waals surface area contributed by atoms with Crippen molar-refractivity contribution < 1.29 is 0 Å². The number of hydrogen-bond donors (Lipinski definition) is 2. The molecule has 0 bridgehead atoms. The highest BCUT2D eigenvalue weighted by Gasteiger charge is 2.12. The predicted molar refractivity (Wildman–Crippen MR) is 78.0 cm³/mol. The smallest absolute Gasteiger partial charge is 0.122 e. The van der Waals surface area contributed by atoms with E-state index in [-0.39, 0.29) is 5.84 Å². The van der Waals surface area contributed by atoms with Gasteiger partial charge in [-0.25, -0.2) is 0 Å². The molecule has 1 unspecified atom stereocenters. The van der Waals surface area contributed by atoms with Crippen molar-refractivity contribution in [2.45, 2.75) is 46.7 Å². The second-order valence-electron chi connectivity index (χ2n) is 4.88. The molecule has 0 saturated heterocycles. The molecule has 0 aliphatic carbocycles. The van der Waals surface area contributed by atoms with E-state index in [0.717, 1.165) is 18.7 Å². The number of aryl methyl sites for hydroxylation is 1. The van der Waals surface area contributed by atoms with Gasteiger partial charge in [0.25, 0.3) is 0 Å². The molecule has 0 saturated carbocycles. The van der Waals surface area contributed by atoms with E-state index in [1.54, 1.807) is 0 Å². The van der Waals surface area contributed by atoms with Gasteiger partial charge in [0, 0.05) is 18.2 Å². The largest absolute Gasteiger partial charge is 0.384 e. The molecule has 0 radical (unpaired) electrons. The maximum atomic E-state index is 7.45. The van der Waals surface area contributed by atoms with Crippen LogP contribution >= 0.6 is 0 Å². The lowest BCUT2D eigenvalue weighted by Crippen LogP contribution is -2.32. The summed E-state index contributed by atoms with van der Waals surface area (Å²) in [4.78, 5) is 2.47. The molecular weight excluding hydrogens is 222 g/mol. The highest BCUT2D eigenvalue weighted by molar-refractivity contribution is 5.95. The van der Waals surface area contributed by atoms with E-state index in [9.17, 15) is 0 Å². The van der Waals surface area contributed by atoms with Crippen LogP contribution in [0.25, 0.3) is 0 Å². The number of rotatable bonds is 6. The molecule has 0 aromatic heterocycles. The number of nitrogen functional groups attached to an aromatic ring is 1. The van der Waals surface area contributed by atoms with Crippen molar-refractivity contribution in [2.75, 3.05) is 6.54 Å². The van der Waals surface area contributed by atoms with E-state index >= 15 is 0 Å². The quantitative estimate of drug-likeness (QED) is 0.600. The lowest BCUT2D eigenvalue weighted by atomic mass is 10.0. The van der Waals surface area contributed by atoms with Crippen LogP contribution in [0.15, 0.2) is 18.2 Å². The third-order valence-corrected chi connectivity index (χ3v) is 3.65. The molecule has 1 aromatic rings. The molecular formula is C15H25N3. The lowest BCUT2D eigenvalue weighted by molar-refractivity contribution is 0.205. The zero-order valence-corrected chi connectivity index (χ0v) is 12.0. The van der Waals surface area contributed by atoms with E-state index in [2.05, 4.69) is 38.7 Å². The van der Waals surface area contributed by atoms with Gasteiger partial charge in [0.1, 0.15) is 5.84 Å². The molecule has 1 aromatic carbocycles. The third kappa shape index (κ3) is 3.57. The van der Waals surface area contributed by atoms with Crippen molar-refractivity contribution in [3.8, 4) is 0 Å². The molecule has 0 amide bonds. The number of benzene rings is 1. The Morgan fingerprint density at radius 2 is 2.06 bits per heavy atom. The number of hydrogen-bond acceptors (Lipinski definition) is 2. The van der Waals surface area contributed by atoms with Gasteiger partial charge in [-0.3, -0.25) is 10.3 Å². The fraction of sp³-hybridized carbons (Fsp3) is 0.533. The van der Waals surface area contributed by atoms with Crippen LogP contribution in [0, 0.1) is 12.3 Å². The van der Waals surface area contributed by atoms with Crippen LogP contribution in [-0.4, -0.2) is 23.3 Å². The summed E-state index contributed by atoms with van der Waals surface area (Å²) < 4.78 is 0. The van der Waals surface area contributed by atoms with Gasteiger partial charge in [0.2, 0.25) is 0 Å². The SMILES string of the molecule is CCC(C)N(CC)Cc1ccc(C(=N)N)cc1C. The van der Waals surface area contributed by atoms with Crippen LogP contribution in [0.5, 0.6) is 0 Å². The molecule has 1 rings (SSSR count). The Balaban J connectivity index is 2.87. The normalized spacial score (nSPS) is 12.7. The Morgan fingerprint density at radius 1 is 1.39 bits per heavy atom. The maximum Gasteiger partial charge on any atom is 0.122 e. The molecule has 0 heterocycles. The number of nitrogens with one attached hydrogen (secondary N) is 1. The zero-order valence-electron chi connectivity index (χ0n) is 12.0. The van der Waals surface area contributed by atoms with Crippen LogP contribution in [0.3, 0.4) is 0 Å². The molecule has 0 aliphatic heterocycles. The average molecular weight is 247 g/mol. The Morgan fingerprint density at radius 3 is 2.50 bits per heavy atom. The van der Waals surface area contributed by atoms with E-state index in [0.29, 0.717) is 6.04 Å². The van der Waals surface area contributed by atoms with Gasteiger partial charge >= 0.3 is 0 Å². The van der Waals surface area contributed by atoms with Crippen LogP contribution in [-0.2, 0) is 6.54 Å². The van der Waals surface area contributed by atoms with Gasteiger partial charge in [-0.05, 0) is 44.0 Å². The van der Waals surface area contributed by atoms with Crippen molar-refractivity contribution in [3.05, 3.63) is 34.9 Å². The summed E-state index contributed by atoms with van der Waals surface area (Å²) in [6.07, 6.45) is 1.17. The Kier molecular flexibility index (Phi) is 5.35. The Hall–Kier alpha value is -1.35. The summed E-state index contributed by atoms with van der Waals surface area (Å²) in [5, 5.41) is 7.45. The summed E-state index contributed by atoms with van der Waals surface area (Å²) in [5.41, 5.74) is 8.84. The van der Waals surface area contributed by atoms with Crippen molar-refractivity contribution in [1.82, 2.24) is 4.90 Å². The Labute approximate surface area is 111 Å². The number of nitrogens with two attached hydrogens (primary N) is 1. The average Bonchev–Trinajstić information content (AvgIpc) is 2.36. The first-order valence-electron chi connectivity index (χ1n) is 6.67. The first-order valence-corrected chi connectivity index (χ1v) is 6.67. The van der Waals surface area contributed by atoms with Gasteiger partial charge in [0.15, 0.2) is 0 Å². The van der Waals surface area contributed by atoms with Crippen LogP contribution < -0.4 is 5.73 Å². The number of amidine groups is 1. The first-order chi connectivity index (χ1) is 8.49. The standard InChI is InChI=1S/C15H25N3/c1-5-12(4)18(6-2)10-14-8-7-13(15(16)17)9-11(14)3/h7-9,12H,5-6,10H2,1-4H3,(H3,16,17). The molecule has 0 aliphatic rings. The summed E-state index contributed by atoms with van der Waals surface area (Å²) >= 11 is 0. The third-order valence-electron chi connectivity index (χ3n) is 3.65. The highest BCUT2D eigenvalue weighted by atomic mass is 15.1. The molecule has 1 atom stereocenters. The summed E-state index contributed by atoms with van der Waals surface area (Å²) in [7, 11) is 0. The van der Waals surface area contributed by atoms with Gasteiger partial charge in [-0.15, -0.1) is 0 Å². The van der Waals surface area contributed by atoms with Crippen molar-refractivity contribution in [2.24, 2.45) is 5.73 Å². The highest BCUT2D eigenvalue weighted by Crippen LogP contribution is 2.15. The zero-order chi connectivity index (χ0) is 13.7. The van der Waals surface area contributed by atoms with E-state index in [1.807, 2.05) is 12.1 Å². The number of nitrogens with zero attached hydrogens (tertiary/aromatic N) is 1. The van der Waals surface area contributed by atoms with Crippen molar-refractivity contribution in [1.29, 1.82) is 5.41 Å². The molecule has 3 nitrogen and oxygen atoms in total. The molecule has 3 N–H and O–H groups in total. The van der Waals surface area contributed by atoms with Crippen LogP contribution in [0.2, 0.25) is 0 Å². The minimum atomic E-state index is 0.138. The molecule has 18 heavy (non-hydrogen) atoms. The van der Waals surface area contributed by atoms with Gasteiger partial charge < -0.3 is 5.73 Å². The lowest BCUT2D eigenvalue weighted by Gasteiger charge is -2.27. The Bertz CT molecular complexity index is 412.